The van der Waals surface area contributed by atoms with Crippen LogP contribution in [-0.4, -0.2) is 30.0 Å². The fourth-order valence-electron chi connectivity index (χ4n) is 1.62. The summed E-state index contributed by atoms with van der Waals surface area (Å²) < 4.78 is 2.85. The van der Waals surface area contributed by atoms with Gasteiger partial charge < -0.3 is 15.2 Å². The van der Waals surface area contributed by atoms with Gasteiger partial charge in [0.25, 0.3) is 5.91 Å². The van der Waals surface area contributed by atoms with E-state index in [1.807, 2.05) is 10.8 Å². The minimum absolute atomic E-state index is 0.00278. The molecule has 0 saturated heterocycles. The second kappa shape index (κ2) is 4.91. The highest BCUT2D eigenvalue weighted by molar-refractivity contribution is 9.10. The summed E-state index contributed by atoms with van der Waals surface area (Å²) in [5, 5.41) is 5.05. The van der Waals surface area contributed by atoms with Crippen molar-refractivity contribution in [3.8, 4) is 0 Å². The molecule has 1 heterocycles. The van der Waals surface area contributed by atoms with Crippen LogP contribution in [0.15, 0.2) is 16.7 Å². The van der Waals surface area contributed by atoms with Crippen molar-refractivity contribution in [2.45, 2.75) is 18.9 Å². The van der Waals surface area contributed by atoms with Crippen LogP contribution in [0.1, 0.15) is 29.4 Å². The molecule has 2 rings (SSSR count). The number of aromatic nitrogens is 1. The average Bonchev–Trinajstić information content (AvgIpc) is 3.09. The number of carbonyl (C=O) groups excluding carboxylic acids is 2. The highest BCUT2D eigenvalue weighted by Crippen LogP contribution is 2.37. The molecule has 92 valence electrons. The number of likely N-dealkylation sites (N-methyl/N-ethyl adjacent to an activating group) is 1. The minimum atomic E-state index is -0.216. The van der Waals surface area contributed by atoms with E-state index in [0.717, 1.165) is 17.3 Å². The molecule has 0 radical (unpaired) electrons. The summed E-state index contributed by atoms with van der Waals surface area (Å²) in [5.41, 5.74) is 0.600. The first-order chi connectivity index (χ1) is 8.11. The molecule has 1 aromatic heterocycles. The van der Waals surface area contributed by atoms with E-state index in [2.05, 4.69) is 26.6 Å². The first-order valence-electron chi connectivity index (χ1n) is 5.48. The molecule has 17 heavy (non-hydrogen) atoms. The highest BCUT2D eigenvalue weighted by Gasteiger charge is 2.27. The number of rotatable bonds is 4. The molecule has 0 atom stereocenters. The Morgan fingerprint density at radius 2 is 2.24 bits per heavy atom. The number of hydrogen-bond acceptors (Lipinski definition) is 2. The Labute approximate surface area is 108 Å². The Bertz CT molecular complexity index is 452. The van der Waals surface area contributed by atoms with E-state index in [0.29, 0.717) is 11.7 Å². The van der Waals surface area contributed by atoms with Crippen LogP contribution in [0.25, 0.3) is 0 Å². The van der Waals surface area contributed by atoms with Crippen LogP contribution < -0.4 is 10.6 Å². The summed E-state index contributed by atoms with van der Waals surface area (Å²) in [6, 6.07) is 2.21. The fourth-order valence-corrected chi connectivity index (χ4v) is 2.06. The lowest BCUT2D eigenvalue weighted by Crippen LogP contribution is -2.35. The van der Waals surface area contributed by atoms with Crippen molar-refractivity contribution in [3.05, 3.63) is 22.4 Å². The number of carbonyl (C=O) groups is 2. The zero-order chi connectivity index (χ0) is 12.4. The van der Waals surface area contributed by atoms with Gasteiger partial charge in [0.15, 0.2) is 0 Å². The first-order valence-corrected chi connectivity index (χ1v) is 6.27. The number of hydrogen-bond donors (Lipinski definition) is 2. The smallest absolute Gasteiger partial charge is 0.268 e. The first kappa shape index (κ1) is 12.2. The molecular weight excluding hydrogens is 286 g/mol. The highest BCUT2D eigenvalue weighted by atomic mass is 79.9. The van der Waals surface area contributed by atoms with E-state index in [4.69, 9.17) is 0 Å². The largest absolute Gasteiger partial charge is 0.358 e. The quantitative estimate of drug-likeness (QED) is 0.873. The van der Waals surface area contributed by atoms with Crippen molar-refractivity contribution >= 4 is 27.7 Å². The normalized spacial score (nSPS) is 14.5. The lowest BCUT2D eigenvalue weighted by atomic mass is 10.4. The Kier molecular flexibility index (Phi) is 3.51. The van der Waals surface area contributed by atoms with Gasteiger partial charge in [-0.1, -0.05) is 0 Å². The summed E-state index contributed by atoms with van der Waals surface area (Å²) in [6.07, 6.45) is 4.13. The van der Waals surface area contributed by atoms with E-state index in [1.165, 1.54) is 7.05 Å². The Hall–Kier alpha value is -1.30. The Morgan fingerprint density at radius 1 is 1.53 bits per heavy atom. The monoisotopic (exact) mass is 299 g/mol. The third-order valence-corrected chi connectivity index (χ3v) is 3.11. The van der Waals surface area contributed by atoms with Gasteiger partial charge in [-0.25, -0.2) is 0 Å². The molecular formula is C11H14BrN3O2. The maximum atomic E-state index is 11.9. The minimum Gasteiger partial charge on any atom is -0.358 e. The fraction of sp³-hybridized carbons (Fsp3) is 0.455. The molecule has 2 amide bonds. The molecule has 5 nitrogen and oxygen atoms in total. The van der Waals surface area contributed by atoms with E-state index in [9.17, 15) is 9.59 Å². The number of halogens is 1. The van der Waals surface area contributed by atoms with E-state index < -0.39 is 0 Å². The molecule has 0 aliphatic heterocycles. The van der Waals surface area contributed by atoms with Crippen molar-refractivity contribution < 1.29 is 9.59 Å². The van der Waals surface area contributed by atoms with E-state index >= 15 is 0 Å². The SMILES string of the molecule is CNC(=O)CNC(=O)c1cc(Br)cn1C1CC1. The average molecular weight is 300 g/mol. The van der Waals surface area contributed by atoms with Crippen molar-refractivity contribution in [2.75, 3.05) is 13.6 Å². The summed E-state index contributed by atoms with van der Waals surface area (Å²) in [4.78, 5) is 22.9. The lowest BCUT2D eigenvalue weighted by molar-refractivity contribution is -0.119. The molecule has 1 saturated carbocycles. The summed E-state index contributed by atoms with van der Waals surface area (Å²) in [7, 11) is 1.54. The summed E-state index contributed by atoms with van der Waals surface area (Å²) >= 11 is 3.36. The van der Waals surface area contributed by atoms with Crippen molar-refractivity contribution in [3.63, 3.8) is 0 Å². The molecule has 1 aliphatic rings. The van der Waals surface area contributed by atoms with E-state index in [-0.39, 0.29) is 18.4 Å². The van der Waals surface area contributed by atoms with Gasteiger partial charge in [-0.05, 0) is 34.8 Å². The predicted octanol–water partition coefficient (Wildman–Crippen LogP) is 1.06. The van der Waals surface area contributed by atoms with Gasteiger partial charge in [-0.15, -0.1) is 0 Å². The maximum Gasteiger partial charge on any atom is 0.268 e. The Balaban J connectivity index is 2.05. The number of nitrogens with one attached hydrogen (secondary N) is 2. The zero-order valence-electron chi connectivity index (χ0n) is 9.50. The van der Waals surface area contributed by atoms with Gasteiger partial charge in [0.1, 0.15) is 5.69 Å². The second-order valence-electron chi connectivity index (χ2n) is 4.04. The van der Waals surface area contributed by atoms with Crippen molar-refractivity contribution in [2.24, 2.45) is 0 Å². The zero-order valence-corrected chi connectivity index (χ0v) is 11.1. The lowest BCUT2D eigenvalue weighted by Gasteiger charge is -2.07. The molecule has 1 aromatic rings. The van der Waals surface area contributed by atoms with Crippen molar-refractivity contribution in [1.29, 1.82) is 0 Å². The third kappa shape index (κ3) is 2.88. The molecule has 1 aliphatic carbocycles. The van der Waals surface area contributed by atoms with Gasteiger partial charge in [-0.2, -0.15) is 0 Å². The van der Waals surface area contributed by atoms with Gasteiger partial charge >= 0.3 is 0 Å². The topological polar surface area (TPSA) is 63.1 Å². The van der Waals surface area contributed by atoms with Gasteiger partial charge in [0, 0.05) is 23.8 Å². The molecule has 0 bridgehead atoms. The molecule has 1 fully saturated rings. The molecule has 2 N–H and O–H groups in total. The van der Waals surface area contributed by atoms with Crippen LogP contribution in [0.5, 0.6) is 0 Å². The number of nitrogens with zero attached hydrogens (tertiary/aromatic N) is 1. The predicted molar refractivity (Wildman–Crippen MR) is 66.8 cm³/mol. The van der Waals surface area contributed by atoms with Crippen LogP contribution in [0.4, 0.5) is 0 Å². The van der Waals surface area contributed by atoms with Gasteiger partial charge in [0.05, 0.1) is 6.54 Å². The molecule has 0 unspecified atom stereocenters. The van der Waals surface area contributed by atoms with Crippen LogP contribution in [0.3, 0.4) is 0 Å². The number of amides is 2. The van der Waals surface area contributed by atoms with Crippen molar-refractivity contribution in [1.82, 2.24) is 15.2 Å². The van der Waals surface area contributed by atoms with Crippen LogP contribution in [-0.2, 0) is 4.79 Å². The standard InChI is InChI=1S/C11H14BrN3O2/c1-13-10(16)5-14-11(17)9-4-7(12)6-15(9)8-2-3-8/h4,6,8H,2-3,5H2,1H3,(H,13,16)(H,14,17). The van der Waals surface area contributed by atoms with Gasteiger partial charge in [0.2, 0.25) is 5.91 Å². The van der Waals surface area contributed by atoms with E-state index in [1.54, 1.807) is 6.07 Å². The summed E-state index contributed by atoms with van der Waals surface area (Å²) in [6.45, 7) is 0.00278. The summed E-state index contributed by atoms with van der Waals surface area (Å²) in [5.74, 6) is -0.423. The molecule has 0 aromatic carbocycles. The maximum absolute atomic E-state index is 11.9. The molecule has 0 spiro atoms. The van der Waals surface area contributed by atoms with Crippen LogP contribution in [0.2, 0.25) is 0 Å². The Morgan fingerprint density at radius 3 is 2.82 bits per heavy atom. The van der Waals surface area contributed by atoms with Crippen LogP contribution in [0, 0.1) is 0 Å². The second-order valence-corrected chi connectivity index (χ2v) is 4.95. The van der Waals surface area contributed by atoms with Crippen LogP contribution >= 0.6 is 15.9 Å². The molecule has 6 heteroatoms. The van der Waals surface area contributed by atoms with Gasteiger partial charge in [-0.3, -0.25) is 9.59 Å². The third-order valence-electron chi connectivity index (χ3n) is 2.68.